The van der Waals surface area contributed by atoms with Gasteiger partial charge in [-0.2, -0.15) is 0 Å². The molecule has 1 saturated heterocycles. The van der Waals surface area contributed by atoms with E-state index in [0.29, 0.717) is 30.5 Å². The first-order valence-electron chi connectivity index (χ1n) is 22.3. The topological polar surface area (TPSA) is 361 Å². The van der Waals surface area contributed by atoms with Crippen LogP contribution in [-0.4, -0.2) is 126 Å². The maximum Gasteiger partial charge on any atom is 0.326 e. The summed E-state index contributed by atoms with van der Waals surface area (Å²) in [6.07, 6.45) is 1.27. The number of carbonyl (C=O) groups excluding carboxylic acids is 8. The fourth-order valence-electron chi connectivity index (χ4n) is 7.04. The molecule has 9 atom stereocenters. The number of aliphatic imine (C=N–C) groups is 1. The largest absolute Gasteiger partial charge is 0.480 e. The number of aliphatic carboxylic acids is 1. The fraction of sp³-hybridized carbons (Fsp3) is 0.511. The molecule has 1 aliphatic heterocycles. The molecule has 0 aliphatic carbocycles. The Morgan fingerprint density at radius 2 is 1.15 bits per heavy atom. The SMILES string of the molecule is CC[C@H](C)[C@H](NC(=O)[C@H](Cc1ccccc1)NC(=O)[C@H](Cc1ccccc1)NC(=O)[C@H](C)NC(=O)[C@H](CCCN=C(N)N)NC(=O)[C@H](C)NC(=O)[C@@H]1CCCN1)C(=O)N[C@@H](CC(N)=O)C(=O)O. The van der Waals surface area contributed by atoms with E-state index < -0.39 is 108 Å². The van der Waals surface area contributed by atoms with Crippen molar-refractivity contribution in [2.75, 3.05) is 13.1 Å². The van der Waals surface area contributed by atoms with Gasteiger partial charge in [-0.1, -0.05) is 80.9 Å². The van der Waals surface area contributed by atoms with Crippen molar-refractivity contribution in [1.29, 1.82) is 0 Å². The zero-order chi connectivity index (χ0) is 49.6. The summed E-state index contributed by atoms with van der Waals surface area (Å²) in [6.45, 7) is 7.07. The highest BCUT2D eigenvalue weighted by molar-refractivity contribution is 5.98. The lowest BCUT2D eigenvalue weighted by Crippen LogP contribution is -2.61. The number of hydrogen-bond donors (Lipinski definition) is 12. The molecule has 2 aromatic carbocycles. The number of carboxylic acid groups (broad SMARTS) is 1. The fourth-order valence-corrected chi connectivity index (χ4v) is 7.04. The number of nitrogens with two attached hydrogens (primary N) is 3. The molecule has 15 N–H and O–H groups in total. The highest BCUT2D eigenvalue weighted by Gasteiger charge is 2.35. The van der Waals surface area contributed by atoms with Crippen LogP contribution in [-0.2, 0) is 56.0 Å². The molecule has 1 heterocycles. The van der Waals surface area contributed by atoms with Crippen molar-refractivity contribution >= 4 is 59.2 Å². The zero-order valence-corrected chi connectivity index (χ0v) is 38.3. The standard InChI is InChI=1S/C45H66N12O10/c1-5-25(2)36(43(65)56-34(44(66)67)24-35(46)58)57-42(64)33(23-29-16-10-7-11-17-29)55-41(63)32(22-28-14-8-6-9-15-28)54-38(60)27(4)52-40(62)31(19-13-21-50-45(47)48)53-37(59)26(3)51-39(61)30-18-12-20-49-30/h6-11,14-17,25-27,30-34,36,49H,5,12-13,18-24H2,1-4H3,(H2,46,58)(H,51,61)(H,52,62)(H,53,59)(H,54,60)(H,55,63)(H,56,65)(H,57,64)(H,66,67)(H4,47,48,50)/t25-,26-,27-,30-,31-,32-,33-,34-,36-/m0/s1. The second-order valence-corrected chi connectivity index (χ2v) is 16.6. The van der Waals surface area contributed by atoms with E-state index in [2.05, 4.69) is 47.5 Å². The van der Waals surface area contributed by atoms with E-state index in [0.717, 1.165) is 6.42 Å². The van der Waals surface area contributed by atoms with E-state index in [1.807, 2.05) is 0 Å². The molecule has 0 radical (unpaired) electrons. The van der Waals surface area contributed by atoms with Crippen molar-refractivity contribution in [1.82, 2.24) is 42.5 Å². The average molecular weight is 935 g/mol. The summed E-state index contributed by atoms with van der Waals surface area (Å²) < 4.78 is 0. The van der Waals surface area contributed by atoms with Crippen molar-refractivity contribution in [3.63, 3.8) is 0 Å². The number of primary amides is 1. The van der Waals surface area contributed by atoms with Crippen LogP contribution in [0.1, 0.15) is 77.3 Å². The smallest absolute Gasteiger partial charge is 0.326 e. The van der Waals surface area contributed by atoms with Gasteiger partial charge in [0.1, 0.15) is 42.3 Å². The summed E-state index contributed by atoms with van der Waals surface area (Å²) in [7, 11) is 0. The maximum atomic E-state index is 14.3. The third-order valence-electron chi connectivity index (χ3n) is 11.1. The molecular formula is C45H66N12O10. The van der Waals surface area contributed by atoms with E-state index >= 15 is 0 Å². The van der Waals surface area contributed by atoms with Gasteiger partial charge < -0.3 is 64.8 Å². The maximum absolute atomic E-state index is 14.3. The number of rotatable bonds is 27. The lowest BCUT2D eigenvalue weighted by molar-refractivity contribution is -0.144. The monoisotopic (exact) mass is 935 g/mol. The molecule has 22 nitrogen and oxygen atoms in total. The number of hydrogen-bond acceptors (Lipinski definition) is 11. The lowest BCUT2D eigenvalue weighted by atomic mass is 9.96. The van der Waals surface area contributed by atoms with Crippen LogP contribution in [0.2, 0.25) is 0 Å². The molecule has 22 heteroatoms. The predicted octanol–water partition coefficient (Wildman–Crippen LogP) is -2.28. The third-order valence-corrected chi connectivity index (χ3v) is 11.1. The molecule has 0 aromatic heterocycles. The van der Waals surface area contributed by atoms with Gasteiger partial charge in [0.05, 0.1) is 12.5 Å². The van der Waals surface area contributed by atoms with Crippen LogP contribution in [0.3, 0.4) is 0 Å². The van der Waals surface area contributed by atoms with Crippen LogP contribution in [0, 0.1) is 5.92 Å². The number of carbonyl (C=O) groups is 9. The van der Waals surface area contributed by atoms with Gasteiger partial charge in [0.25, 0.3) is 0 Å². The van der Waals surface area contributed by atoms with Crippen LogP contribution < -0.4 is 59.7 Å². The van der Waals surface area contributed by atoms with E-state index in [-0.39, 0.29) is 44.1 Å². The third kappa shape index (κ3) is 18.7. The van der Waals surface area contributed by atoms with Gasteiger partial charge >= 0.3 is 5.97 Å². The summed E-state index contributed by atoms with van der Waals surface area (Å²) >= 11 is 0. The van der Waals surface area contributed by atoms with Gasteiger partial charge in [-0.25, -0.2) is 4.79 Å². The van der Waals surface area contributed by atoms with Crippen LogP contribution in [0.4, 0.5) is 0 Å². The van der Waals surface area contributed by atoms with Crippen LogP contribution in [0.5, 0.6) is 0 Å². The van der Waals surface area contributed by atoms with Crippen molar-refractivity contribution in [3.05, 3.63) is 71.8 Å². The Kier molecular flexibility index (Phi) is 22.2. The van der Waals surface area contributed by atoms with E-state index in [1.54, 1.807) is 74.5 Å². The number of carboxylic acids is 1. The molecular weight excluding hydrogens is 869 g/mol. The number of benzene rings is 2. The Balaban J connectivity index is 1.85. The summed E-state index contributed by atoms with van der Waals surface area (Å²) in [6, 6.07) is 7.81. The summed E-state index contributed by atoms with van der Waals surface area (Å²) in [4.78, 5) is 123. The average Bonchev–Trinajstić information content (AvgIpc) is 3.84. The molecule has 1 fully saturated rings. The molecule has 67 heavy (non-hydrogen) atoms. The molecule has 1 aliphatic rings. The summed E-state index contributed by atoms with van der Waals surface area (Å²) in [5, 5.41) is 30.9. The van der Waals surface area contributed by atoms with E-state index in [4.69, 9.17) is 17.2 Å². The first-order chi connectivity index (χ1) is 31.8. The van der Waals surface area contributed by atoms with Crippen molar-refractivity contribution in [2.45, 2.75) is 127 Å². The molecule has 8 amide bonds. The Bertz CT molecular complexity index is 2050. The minimum absolute atomic E-state index is 0.0461. The molecule has 0 spiro atoms. The molecule has 3 rings (SSSR count). The molecule has 0 saturated carbocycles. The van der Waals surface area contributed by atoms with Gasteiger partial charge in [0.2, 0.25) is 47.3 Å². The second-order valence-electron chi connectivity index (χ2n) is 16.6. The summed E-state index contributed by atoms with van der Waals surface area (Å²) in [5.74, 6) is -8.21. The van der Waals surface area contributed by atoms with Crippen molar-refractivity contribution in [2.24, 2.45) is 28.1 Å². The number of amides is 8. The Morgan fingerprint density at radius 3 is 1.64 bits per heavy atom. The molecule has 2 aromatic rings. The summed E-state index contributed by atoms with van der Waals surface area (Å²) in [5.41, 5.74) is 17.4. The predicted molar refractivity (Wildman–Crippen MR) is 247 cm³/mol. The number of guanidine groups is 1. The van der Waals surface area contributed by atoms with Gasteiger partial charge in [0, 0.05) is 19.4 Å². The Labute approximate surface area is 389 Å². The Morgan fingerprint density at radius 1 is 0.657 bits per heavy atom. The van der Waals surface area contributed by atoms with Crippen molar-refractivity contribution < 1.29 is 48.3 Å². The number of nitrogens with zero attached hydrogens (tertiary/aromatic N) is 1. The first kappa shape index (κ1) is 54.2. The van der Waals surface area contributed by atoms with Gasteiger partial charge in [-0.15, -0.1) is 0 Å². The highest BCUT2D eigenvalue weighted by Crippen LogP contribution is 2.13. The molecule has 366 valence electrons. The van der Waals surface area contributed by atoms with Gasteiger partial charge in [-0.3, -0.25) is 43.3 Å². The Hall–Kier alpha value is -7.10. The lowest BCUT2D eigenvalue weighted by Gasteiger charge is -2.29. The van der Waals surface area contributed by atoms with Gasteiger partial charge in [-0.05, 0) is 63.1 Å². The van der Waals surface area contributed by atoms with E-state index in [1.165, 1.54) is 13.8 Å². The highest BCUT2D eigenvalue weighted by atomic mass is 16.4. The zero-order valence-electron chi connectivity index (χ0n) is 38.3. The quantitative estimate of drug-likeness (QED) is 0.0256. The van der Waals surface area contributed by atoms with Crippen LogP contribution in [0.25, 0.3) is 0 Å². The molecule has 0 bridgehead atoms. The number of nitrogens with one attached hydrogen (secondary N) is 8. The molecule has 0 unspecified atom stereocenters. The second kappa shape index (κ2) is 27.4. The normalized spacial score (nSPS) is 16.7. The van der Waals surface area contributed by atoms with E-state index in [9.17, 15) is 48.3 Å². The van der Waals surface area contributed by atoms with Gasteiger partial charge in [0.15, 0.2) is 5.96 Å². The minimum atomic E-state index is -1.66. The van der Waals surface area contributed by atoms with Crippen LogP contribution >= 0.6 is 0 Å². The van der Waals surface area contributed by atoms with Crippen LogP contribution in [0.15, 0.2) is 65.7 Å². The first-order valence-corrected chi connectivity index (χ1v) is 22.3. The minimum Gasteiger partial charge on any atom is -0.480 e. The van der Waals surface area contributed by atoms with Crippen molar-refractivity contribution in [3.8, 4) is 0 Å².